The minimum Gasteiger partial charge on any atom is -0.212 e. The van der Waals surface area contributed by atoms with Crippen molar-refractivity contribution in [1.29, 1.82) is 0 Å². The van der Waals surface area contributed by atoms with Crippen molar-refractivity contribution < 1.29 is 8.42 Å². The molecule has 4 heteroatoms. The van der Waals surface area contributed by atoms with Gasteiger partial charge in [0.05, 0.1) is 5.25 Å². The van der Waals surface area contributed by atoms with Crippen molar-refractivity contribution in [1.82, 2.24) is 4.31 Å². The Bertz CT molecular complexity index is 281. The summed E-state index contributed by atoms with van der Waals surface area (Å²) >= 11 is 0. The highest BCUT2D eigenvalue weighted by Crippen LogP contribution is 2.30. The van der Waals surface area contributed by atoms with E-state index in [9.17, 15) is 8.42 Å². The van der Waals surface area contributed by atoms with Crippen LogP contribution >= 0.6 is 0 Å². The fourth-order valence-electron chi connectivity index (χ4n) is 1.67. The number of rotatable bonds is 7. The van der Waals surface area contributed by atoms with Crippen LogP contribution in [0.3, 0.4) is 0 Å². The van der Waals surface area contributed by atoms with E-state index in [1.807, 2.05) is 0 Å². The standard InChI is InChI=1S/C11H23NO2S/c1-4-5-6-9-12(11-7-8-11)15(13,14)10(2)3/h10-11H,4-9H2,1-3H3. The summed E-state index contributed by atoms with van der Waals surface area (Å²) in [5.74, 6) is 0. The van der Waals surface area contributed by atoms with Gasteiger partial charge in [-0.3, -0.25) is 0 Å². The number of hydrogen-bond donors (Lipinski definition) is 0. The molecule has 1 aliphatic rings. The molecule has 1 rings (SSSR count). The smallest absolute Gasteiger partial charge is 0.212 e. The molecule has 0 unspecified atom stereocenters. The molecule has 0 amide bonds. The second kappa shape index (κ2) is 5.30. The molecule has 0 spiro atoms. The van der Waals surface area contributed by atoms with Crippen molar-refractivity contribution in [3.63, 3.8) is 0 Å². The van der Waals surface area contributed by atoms with Crippen molar-refractivity contribution in [2.24, 2.45) is 0 Å². The van der Waals surface area contributed by atoms with Gasteiger partial charge < -0.3 is 0 Å². The molecule has 0 aliphatic heterocycles. The predicted molar refractivity (Wildman–Crippen MR) is 63.3 cm³/mol. The van der Waals surface area contributed by atoms with Crippen LogP contribution in [0.4, 0.5) is 0 Å². The van der Waals surface area contributed by atoms with E-state index in [1.54, 1.807) is 18.2 Å². The van der Waals surface area contributed by atoms with Crippen LogP contribution in [0.2, 0.25) is 0 Å². The van der Waals surface area contributed by atoms with Crippen LogP contribution in [0.25, 0.3) is 0 Å². The summed E-state index contributed by atoms with van der Waals surface area (Å²) in [6, 6.07) is 0.314. The average Bonchev–Trinajstić information content (AvgIpc) is 2.95. The van der Waals surface area contributed by atoms with Crippen molar-refractivity contribution >= 4 is 10.0 Å². The molecular formula is C11H23NO2S. The Morgan fingerprint density at radius 1 is 1.27 bits per heavy atom. The van der Waals surface area contributed by atoms with E-state index < -0.39 is 10.0 Å². The summed E-state index contributed by atoms with van der Waals surface area (Å²) in [5.41, 5.74) is 0. The van der Waals surface area contributed by atoms with Gasteiger partial charge in [0, 0.05) is 12.6 Å². The molecule has 0 saturated heterocycles. The number of nitrogens with zero attached hydrogens (tertiary/aromatic N) is 1. The molecule has 90 valence electrons. The Kier molecular flexibility index (Phi) is 4.59. The first-order valence-electron chi connectivity index (χ1n) is 6.00. The van der Waals surface area contributed by atoms with E-state index in [4.69, 9.17) is 0 Å². The zero-order chi connectivity index (χ0) is 11.5. The van der Waals surface area contributed by atoms with Crippen LogP contribution in [-0.2, 0) is 10.0 Å². The predicted octanol–water partition coefficient (Wildman–Crippen LogP) is 2.38. The second-order valence-corrected chi connectivity index (χ2v) is 7.08. The molecule has 0 atom stereocenters. The highest BCUT2D eigenvalue weighted by Gasteiger charge is 2.37. The maximum atomic E-state index is 12.0. The summed E-state index contributed by atoms with van der Waals surface area (Å²) in [6.07, 6.45) is 5.37. The maximum Gasteiger partial charge on any atom is 0.216 e. The lowest BCUT2D eigenvalue weighted by molar-refractivity contribution is 0.388. The summed E-state index contributed by atoms with van der Waals surface area (Å²) < 4.78 is 25.8. The van der Waals surface area contributed by atoms with E-state index in [-0.39, 0.29) is 5.25 Å². The lowest BCUT2D eigenvalue weighted by Gasteiger charge is -2.23. The minimum absolute atomic E-state index is 0.278. The molecule has 0 aromatic carbocycles. The fraction of sp³-hybridized carbons (Fsp3) is 1.00. The van der Waals surface area contributed by atoms with E-state index in [1.165, 1.54) is 0 Å². The number of hydrogen-bond acceptors (Lipinski definition) is 2. The molecule has 1 aliphatic carbocycles. The quantitative estimate of drug-likeness (QED) is 0.633. The van der Waals surface area contributed by atoms with Crippen LogP contribution in [0.1, 0.15) is 52.9 Å². The lowest BCUT2D eigenvalue weighted by atomic mass is 10.2. The molecule has 0 N–H and O–H groups in total. The third-order valence-electron chi connectivity index (χ3n) is 2.86. The first kappa shape index (κ1) is 13.0. The Balaban J connectivity index is 2.57. The van der Waals surface area contributed by atoms with Gasteiger partial charge in [-0.25, -0.2) is 8.42 Å². The average molecular weight is 233 g/mol. The van der Waals surface area contributed by atoms with Gasteiger partial charge >= 0.3 is 0 Å². The van der Waals surface area contributed by atoms with Crippen LogP contribution < -0.4 is 0 Å². The first-order valence-corrected chi connectivity index (χ1v) is 7.51. The van der Waals surface area contributed by atoms with Crippen molar-refractivity contribution in [2.75, 3.05) is 6.54 Å². The normalized spacial score (nSPS) is 17.7. The third kappa shape index (κ3) is 3.45. The highest BCUT2D eigenvalue weighted by atomic mass is 32.2. The van der Waals surface area contributed by atoms with Crippen LogP contribution in [0, 0.1) is 0 Å². The van der Waals surface area contributed by atoms with E-state index in [0.717, 1.165) is 38.6 Å². The topological polar surface area (TPSA) is 37.4 Å². The second-order valence-electron chi connectivity index (χ2n) is 4.64. The molecule has 1 fully saturated rings. The molecule has 0 bridgehead atoms. The highest BCUT2D eigenvalue weighted by molar-refractivity contribution is 7.89. The van der Waals surface area contributed by atoms with Crippen molar-refractivity contribution in [2.45, 2.75) is 64.2 Å². The van der Waals surface area contributed by atoms with Gasteiger partial charge in [0.15, 0.2) is 0 Å². The number of sulfonamides is 1. The van der Waals surface area contributed by atoms with Gasteiger partial charge in [-0.1, -0.05) is 19.8 Å². The molecule has 0 heterocycles. The summed E-state index contributed by atoms with van der Waals surface area (Å²) in [6.45, 7) is 6.40. The fourth-order valence-corrected chi connectivity index (χ4v) is 3.22. The van der Waals surface area contributed by atoms with E-state index >= 15 is 0 Å². The van der Waals surface area contributed by atoms with Gasteiger partial charge in [0.25, 0.3) is 0 Å². The molecule has 1 saturated carbocycles. The molecule has 0 aromatic rings. The molecule has 15 heavy (non-hydrogen) atoms. The molecular weight excluding hydrogens is 210 g/mol. The SMILES string of the molecule is CCCCCN(C1CC1)S(=O)(=O)C(C)C. The van der Waals surface area contributed by atoms with Gasteiger partial charge in [-0.05, 0) is 33.1 Å². The molecule has 3 nitrogen and oxygen atoms in total. The van der Waals surface area contributed by atoms with Gasteiger partial charge in [-0.2, -0.15) is 4.31 Å². The van der Waals surface area contributed by atoms with Gasteiger partial charge in [0.1, 0.15) is 0 Å². The Labute approximate surface area is 93.9 Å². The van der Waals surface area contributed by atoms with E-state index in [0.29, 0.717) is 6.04 Å². The monoisotopic (exact) mass is 233 g/mol. The Morgan fingerprint density at radius 2 is 1.87 bits per heavy atom. The van der Waals surface area contributed by atoms with Crippen LogP contribution in [0.15, 0.2) is 0 Å². The Hall–Kier alpha value is -0.0900. The zero-order valence-electron chi connectivity index (χ0n) is 10.1. The minimum atomic E-state index is -3.02. The van der Waals surface area contributed by atoms with Crippen molar-refractivity contribution in [3.8, 4) is 0 Å². The molecule has 0 radical (unpaired) electrons. The third-order valence-corrected chi connectivity index (χ3v) is 5.18. The largest absolute Gasteiger partial charge is 0.216 e. The summed E-state index contributed by atoms with van der Waals surface area (Å²) in [5, 5.41) is -0.278. The van der Waals surface area contributed by atoms with Crippen LogP contribution in [0.5, 0.6) is 0 Å². The summed E-state index contributed by atoms with van der Waals surface area (Å²) in [4.78, 5) is 0. The van der Waals surface area contributed by atoms with Gasteiger partial charge in [0.2, 0.25) is 10.0 Å². The lowest BCUT2D eigenvalue weighted by Crippen LogP contribution is -2.38. The van der Waals surface area contributed by atoms with Crippen molar-refractivity contribution in [3.05, 3.63) is 0 Å². The Morgan fingerprint density at radius 3 is 2.27 bits per heavy atom. The number of unbranched alkanes of at least 4 members (excludes halogenated alkanes) is 2. The molecule has 0 aromatic heterocycles. The summed E-state index contributed by atoms with van der Waals surface area (Å²) in [7, 11) is -3.02. The first-order chi connectivity index (χ1) is 7.00. The van der Waals surface area contributed by atoms with Crippen LogP contribution in [-0.4, -0.2) is 30.6 Å². The zero-order valence-corrected chi connectivity index (χ0v) is 10.9. The van der Waals surface area contributed by atoms with Gasteiger partial charge in [-0.15, -0.1) is 0 Å². The maximum absolute atomic E-state index is 12.0. The van der Waals surface area contributed by atoms with E-state index in [2.05, 4.69) is 6.92 Å².